The summed E-state index contributed by atoms with van der Waals surface area (Å²) in [5.41, 5.74) is 1.53. The first-order chi connectivity index (χ1) is 13.6. The lowest BCUT2D eigenvalue weighted by Gasteiger charge is -2.20. The van der Waals surface area contributed by atoms with Gasteiger partial charge in [-0.1, -0.05) is 6.07 Å². The van der Waals surface area contributed by atoms with Crippen LogP contribution in [-0.2, 0) is 4.79 Å². The molecule has 0 aromatic heterocycles. The molecule has 7 heteroatoms. The van der Waals surface area contributed by atoms with Gasteiger partial charge in [0.15, 0.2) is 23.0 Å². The van der Waals surface area contributed by atoms with Crippen LogP contribution in [0.4, 0.5) is 5.69 Å². The quantitative estimate of drug-likeness (QED) is 0.553. The van der Waals surface area contributed by atoms with Gasteiger partial charge < -0.3 is 24.3 Å². The lowest BCUT2D eigenvalue weighted by molar-refractivity contribution is -0.111. The summed E-state index contributed by atoms with van der Waals surface area (Å²) in [6.45, 7) is 3.50. The van der Waals surface area contributed by atoms with Crippen molar-refractivity contribution < 1.29 is 23.7 Å². The minimum atomic E-state index is -0.236. The van der Waals surface area contributed by atoms with Gasteiger partial charge in [-0.05, 0) is 43.0 Å². The van der Waals surface area contributed by atoms with E-state index in [1.54, 1.807) is 19.3 Å². The summed E-state index contributed by atoms with van der Waals surface area (Å²) in [4.78, 5) is 13.3. The zero-order chi connectivity index (χ0) is 19.9. The third-order valence-corrected chi connectivity index (χ3v) is 4.81. The van der Waals surface area contributed by atoms with E-state index in [2.05, 4.69) is 5.32 Å². The van der Waals surface area contributed by atoms with E-state index in [-0.39, 0.29) is 5.91 Å². The minimum absolute atomic E-state index is 0.236. The maximum atomic E-state index is 12.4. The molecule has 1 aliphatic heterocycles. The van der Waals surface area contributed by atoms with Crippen molar-refractivity contribution in [2.24, 2.45) is 0 Å². The third kappa shape index (κ3) is 4.72. The van der Waals surface area contributed by atoms with Crippen molar-refractivity contribution in [1.82, 2.24) is 0 Å². The van der Waals surface area contributed by atoms with E-state index in [4.69, 9.17) is 18.9 Å². The van der Waals surface area contributed by atoms with Gasteiger partial charge in [0.05, 0.1) is 19.4 Å². The summed E-state index contributed by atoms with van der Waals surface area (Å²) >= 11 is 1.53. The van der Waals surface area contributed by atoms with Crippen LogP contribution in [0, 0.1) is 0 Å². The Morgan fingerprint density at radius 2 is 1.93 bits per heavy atom. The van der Waals surface area contributed by atoms with Crippen LogP contribution in [0.3, 0.4) is 0 Å². The SMILES string of the molecule is CCOc1ccc(/C=C/C(=O)Nc2cc3c(cc2SC)OCCO3)cc1OC. The summed E-state index contributed by atoms with van der Waals surface area (Å²) in [5, 5.41) is 2.90. The molecule has 0 unspecified atom stereocenters. The second kappa shape index (κ2) is 9.41. The van der Waals surface area contributed by atoms with Gasteiger partial charge in [0.2, 0.25) is 5.91 Å². The molecule has 1 amide bonds. The number of amides is 1. The Bertz CT molecular complexity index is 881. The van der Waals surface area contributed by atoms with E-state index < -0.39 is 0 Å². The number of thioether (sulfide) groups is 1. The molecular weight excluding hydrogens is 378 g/mol. The van der Waals surface area contributed by atoms with Crippen molar-refractivity contribution in [3.63, 3.8) is 0 Å². The molecule has 0 saturated carbocycles. The van der Waals surface area contributed by atoms with E-state index in [0.717, 1.165) is 10.5 Å². The van der Waals surface area contributed by atoms with Crippen LogP contribution in [0.1, 0.15) is 12.5 Å². The molecule has 0 radical (unpaired) electrons. The molecule has 2 aromatic rings. The van der Waals surface area contributed by atoms with Crippen molar-refractivity contribution in [3.8, 4) is 23.0 Å². The van der Waals surface area contributed by atoms with Crippen LogP contribution in [0.25, 0.3) is 6.08 Å². The van der Waals surface area contributed by atoms with Crippen molar-refractivity contribution in [1.29, 1.82) is 0 Å². The van der Waals surface area contributed by atoms with Crippen molar-refractivity contribution >= 4 is 29.4 Å². The fourth-order valence-corrected chi connectivity index (χ4v) is 3.30. The Morgan fingerprint density at radius 3 is 2.61 bits per heavy atom. The number of anilines is 1. The largest absolute Gasteiger partial charge is 0.493 e. The van der Waals surface area contributed by atoms with Crippen molar-refractivity contribution in [3.05, 3.63) is 42.0 Å². The number of hydrogen-bond donors (Lipinski definition) is 1. The number of nitrogens with one attached hydrogen (secondary N) is 1. The highest BCUT2D eigenvalue weighted by Crippen LogP contribution is 2.39. The van der Waals surface area contributed by atoms with Gasteiger partial charge in [0.25, 0.3) is 0 Å². The minimum Gasteiger partial charge on any atom is -0.493 e. The van der Waals surface area contributed by atoms with Gasteiger partial charge in [-0.15, -0.1) is 11.8 Å². The number of rotatable bonds is 7. The highest BCUT2D eigenvalue weighted by atomic mass is 32.2. The third-order valence-electron chi connectivity index (χ3n) is 4.04. The molecule has 2 aromatic carbocycles. The Hall–Kier alpha value is -2.80. The lowest BCUT2D eigenvalue weighted by Crippen LogP contribution is -2.16. The molecule has 0 saturated heterocycles. The maximum absolute atomic E-state index is 12.4. The molecule has 28 heavy (non-hydrogen) atoms. The number of carbonyl (C=O) groups is 1. The van der Waals surface area contributed by atoms with Gasteiger partial charge in [0.1, 0.15) is 13.2 Å². The Morgan fingerprint density at radius 1 is 1.18 bits per heavy atom. The summed E-state index contributed by atoms with van der Waals surface area (Å²) in [5.74, 6) is 2.40. The van der Waals surface area contributed by atoms with Crippen LogP contribution >= 0.6 is 11.8 Å². The number of hydrogen-bond acceptors (Lipinski definition) is 6. The van der Waals surface area contributed by atoms with E-state index in [1.807, 2.05) is 37.4 Å². The second-order valence-electron chi connectivity index (χ2n) is 5.86. The smallest absolute Gasteiger partial charge is 0.248 e. The van der Waals surface area contributed by atoms with Crippen molar-refractivity contribution in [2.45, 2.75) is 11.8 Å². The highest BCUT2D eigenvalue weighted by molar-refractivity contribution is 7.98. The van der Waals surface area contributed by atoms with E-state index in [0.29, 0.717) is 48.5 Å². The van der Waals surface area contributed by atoms with Crippen LogP contribution in [0.5, 0.6) is 23.0 Å². The number of carbonyl (C=O) groups excluding carboxylic acids is 1. The van der Waals surface area contributed by atoms with Crippen molar-refractivity contribution in [2.75, 3.05) is 38.5 Å². The molecule has 0 spiro atoms. The van der Waals surface area contributed by atoms with Gasteiger partial charge in [-0.3, -0.25) is 4.79 Å². The Labute approximate surface area is 168 Å². The first kappa shape index (κ1) is 19.9. The normalized spacial score (nSPS) is 12.7. The van der Waals surface area contributed by atoms with E-state index >= 15 is 0 Å². The summed E-state index contributed by atoms with van der Waals surface area (Å²) in [7, 11) is 1.59. The molecule has 148 valence electrons. The molecule has 1 heterocycles. The standard InChI is InChI=1S/C21H23NO5S/c1-4-25-16-7-5-14(11-17(16)24-2)6-8-21(23)22-15-12-18-19(13-20(15)28-3)27-10-9-26-18/h5-8,11-13H,4,9-10H2,1-3H3,(H,22,23)/b8-6+. The van der Waals surface area contributed by atoms with Gasteiger partial charge >= 0.3 is 0 Å². The topological polar surface area (TPSA) is 66.0 Å². The number of ether oxygens (including phenoxy) is 4. The fraction of sp³-hybridized carbons (Fsp3) is 0.286. The van der Waals surface area contributed by atoms with Gasteiger partial charge in [-0.2, -0.15) is 0 Å². The molecule has 0 atom stereocenters. The summed E-state index contributed by atoms with van der Waals surface area (Å²) in [6.07, 6.45) is 5.16. The molecular formula is C21H23NO5S. The molecule has 3 rings (SSSR count). The highest BCUT2D eigenvalue weighted by Gasteiger charge is 2.16. The molecule has 1 N–H and O–H groups in total. The fourth-order valence-electron chi connectivity index (χ4n) is 2.75. The average Bonchev–Trinajstić information content (AvgIpc) is 2.72. The predicted molar refractivity (Wildman–Crippen MR) is 111 cm³/mol. The van der Waals surface area contributed by atoms with Crippen LogP contribution in [0.15, 0.2) is 41.3 Å². The number of methoxy groups -OCH3 is 1. The van der Waals surface area contributed by atoms with E-state index in [1.165, 1.54) is 17.8 Å². The predicted octanol–water partition coefficient (Wildman–Crippen LogP) is 4.24. The number of fused-ring (bicyclic) bond motifs is 1. The Balaban J connectivity index is 1.73. The Kier molecular flexibility index (Phi) is 6.71. The molecule has 0 aliphatic carbocycles. The molecule has 1 aliphatic rings. The van der Waals surface area contributed by atoms with E-state index in [9.17, 15) is 4.79 Å². The molecule has 0 fully saturated rings. The zero-order valence-electron chi connectivity index (χ0n) is 16.1. The number of benzene rings is 2. The summed E-state index contributed by atoms with van der Waals surface area (Å²) < 4.78 is 22.0. The van der Waals surface area contributed by atoms with Crippen LogP contribution in [-0.4, -0.2) is 39.1 Å². The van der Waals surface area contributed by atoms with Gasteiger partial charge in [-0.25, -0.2) is 0 Å². The summed E-state index contributed by atoms with van der Waals surface area (Å²) in [6, 6.07) is 9.20. The first-order valence-electron chi connectivity index (χ1n) is 8.92. The van der Waals surface area contributed by atoms with Gasteiger partial charge in [0, 0.05) is 17.0 Å². The maximum Gasteiger partial charge on any atom is 0.248 e. The molecule has 0 bridgehead atoms. The monoisotopic (exact) mass is 401 g/mol. The van der Waals surface area contributed by atoms with Crippen LogP contribution < -0.4 is 24.3 Å². The molecule has 6 nitrogen and oxygen atoms in total. The van der Waals surface area contributed by atoms with Crippen LogP contribution in [0.2, 0.25) is 0 Å². The second-order valence-corrected chi connectivity index (χ2v) is 6.71. The lowest BCUT2D eigenvalue weighted by atomic mass is 10.2. The average molecular weight is 401 g/mol. The first-order valence-corrected chi connectivity index (χ1v) is 10.1. The zero-order valence-corrected chi connectivity index (χ0v) is 16.9.